The molecule has 1 amide bonds. The first-order chi connectivity index (χ1) is 15.3. The number of aromatic nitrogens is 1. The average molecular weight is 508 g/mol. The van der Waals surface area contributed by atoms with E-state index < -0.39 is 4.92 Å². The standard InChI is InChI=1S/C24H18BrN3O3S/c1-14-7-12-18(15(2)13-14)21-22(16-8-10-17(11-9-16)28(30)31)32-24(26-21)27-23(29)19-5-3-4-6-20(19)25/h3-13H,1-2H3,(H,26,27,29). The van der Waals surface area contributed by atoms with Gasteiger partial charge in [0.25, 0.3) is 11.6 Å². The summed E-state index contributed by atoms with van der Waals surface area (Å²) >= 11 is 4.74. The topological polar surface area (TPSA) is 85.1 Å². The lowest BCUT2D eigenvalue weighted by Gasteiger charge is -2.07. The van der Waals surface area contributed by atoms with Gasteiger partial charge in [-0.25, -0.2) is 4.98 Å². The average Bonchev–Trinajstić information content (AvgIpc) is 3.17. The highest BCUT2D eigenvalue weighted by molar-refractivity contribution is 9.10. The summed E-state index contributed by atoms with van der Waals surface area (Å²) in [7, 11) is 0. The van der Waals surface area contributed by atoms with Gasteiger partial charge in [-0.3, -0.25) is 20.2 Å². The monoisotopic (exact) mass is 507 g/mol. The predicted molar refractivity (Wildman–Crippen MR) is 131 cm³/mol. The number of carbonyl (C=O) groups is 1. The summed E-state index contributed by atoms with van der Waals surface area (Å²) in [4.78, 5) is 29.0. The van der Waals surface area contributed by atoms with Gasteiger partial charge in [0, 0.05) is 22.2 Å². The second-order valence-electron chi connectivity index (χ2n) is 7.25. The number of nitrogens with zero attached hydrogens (tertiary/aromatic N) is 2. The Morgan fingerprint density at radius 1 is 1.06 bits per heavy atom. The highest BCUT2D eigenvalue weighted by Crippen LogP contribution is 2.41. The van der Waals surface area contributed by atoms with Gasteiger partial charge in [-0.05, 0) is 65.2 Å². The van der Waals surface area contributed by atoms with Gasteiger partial charge < -0.3 is 0 Å². The fourth-order valence-electron chi connectivity index (χ4n) is 3.38. The Hall–Kier alpha value is -3.36. The zero-order chi connectivity index (χ0) is 22.8. The highest BCUT2D eigenvalue weighted by atomic mass is 79.9. The Bertz CT molecular complexity index is 1330. The number of hydrogen-bond donors (Lipinski definition) is 1. The van der Waals surface area contributed by atoms with Gasteiger partial charge in [0.05, 0.1) is 21.1 Å². The molecule has 4 aromatic rings. The molecule has 0 aliphatic heterocycles. The molecule has 0 bridgehead atoms. The first-order valence-corrected chi connectivity index (χ1v) is 11.3. The Morgan fingerprint density at radius 3 is 2.44 bits per heavy atom. The first kappa shape index (κ1) is 21.9. The van der Waals surface area contributed by atoms with E-state index >= 15 is 0 Å². The molecule has 0 unspecified atom stereocenters. The van der Waals surface area contributed by atoms with Crippen LogP contribution in [0.15, 0.2) is 71.2 Å². The van der Waals surface area contributed by atoms with Crippen molar-refractivity contribution in [2.24, 2.45) is 0 Å². The molecule has 1 aromatic heterocycles. The van der Waals surface area contributed by atoms with Gasteiger partial charge in [0.1, 0.15) is 0 Å². The number of benzene rings is 3. The zero-order valence-electron chi connectivity index (χ0n) is 17.3. The summed E-state index contributed by atoms with van der Waals surface area (Å²) in [5.74, 6) is -0.270. The normalized spacial score (nSPS) is 10.7. The fourth-order valence-corrected chi connectivity index (χ4v) is 4.82. The minimum atomic E-state index is -0.426. The van der Waals surface area contributed by atoms with E-state index in [1.807, 2.05) is 32.0 Å². The smallest absolute Gasteiger partial charge is 0.269 e. The van der Waals surface area contributed by atoms with Crippen LogP contribution in [0, 0.1) is 24.0 Å². The molecule has 1 heterocycles. The number of carbonyl (C=O) groups excluding carboxylic acids is 1. The first-order valence-electron chi connectivity index (χ1n) is 9.72. The number of aryl methyl sites for hydroxylation is 2. The van der Waals surface area contributed by atoms with Crippen molar-refractivity contribution in [3.05, 3.63) is 98.0 Å². The number of rotatable bonds is 5. The maximum absolute atomic E-state index is 12.8. The van der Waals surface area contributed by atoms with Crippen LogP contribution in [-0.2, 0) is 0 Å². The van der Waals surface area contributed by atoms with Crippen molar-refractivity contribution in [2.75, 3.05) is 5.32 Å². The van der Waals surface area contributed by atoms with Crippen LogP contribution in [0.2, 0.25) is 0 Å². The number of nitro benzene ring substituents is 1. The van der Waals surface area contributed by atoms with Crippen molar-refractivity contribution in [3.8, 4) is 21.7 Å². The van der Waals surface area contributed by atoms with Crippen molar-refractivity contribution in [1.82, 2.24) is 4.98 Å². The van der Waals surface area contributed by atoms with Gasteiger partial charge >= 0.3 is 0 Å². The Balaban J connectivity index is 1.78. The van der Waals surface area contributed by atoms with Crippen molar-refractivity contribution >= 4 is 44.0 Å². The minimum absolute atomic E-state index is 0.0220. The Kier molecular flexibility index (Phi) is 6.16. The largest absolute Gasteiger partial charge is 0.298 e. The van der Waals surface area contributed by atoms with Crippen LogP contribution in [0.3, 0.4) is 0 Å². The molecule has 0 atom stereocenters. The third-order valence-corrected chi connectivity index (χ3v) is 6.65. The van der Waals surface area contributed by atoms with Gasteiger partial charge in [0.2, 0.25) is 0 Å². The third-order valence-electron chi connectivity index (χ3n) is 4.94. The molecule has 0 aliphatic rings. The van der Waals surface area contributed by atoms with Crippen LogP contribution in [0.5, 0.6) is 0 Å². The highest BCUT2D eigenvalue weighted by Gasteiger charge is 2.20. The van der Waals surface area contributed by atoms with E-state index in [0.717, 1.165) is 32.8 Å². The predicted octanol–water partition coefficient (Wildman–Crippen LogP) is 7.02. The second-order valence-corrected chi connectivity index (χ2v) is 9.11. The molecule has 0 saturated carbocycles. The molecule has 4 rings (SSSR count). The van der Waals surface area contributed by atoms with Crippen LogP contribution in [0.1, 0.15) is 21.5 Å². The Morgan fingerprint density at radius 2 is 1.78 bits per heavy atom. The molecule has 0 radical (unpaired) electrons. The number of nitro groups is 1. The van der Waals surface area contributed by atoms with Crippen molar-refractivity contribution in [2.45, 2.75) is 13.8 Å². The summed E-state index contributed by atoms with van der Waals surface area (Å²) in [6.45, 7) is 4.04. The van der Waals surface area contributed by atoms with Gasteiger partial charge in [-0.2, -0.15) is 0 Å². The number of nitrogens with one attached hydrogen (secondary N) is 1. The lowest BCUT2D eigenvalue weighted by Crippen LogP contribution is -2.12. The third kappa shape index (κ3) is 4.46. The number of thiazole rings is 1. The molecule has 1 N–H and O–H groups in total. The number of hydrogen-bond acceptors (Lipinski definition) is 5. The molecule has 8 heteroatoms. The Labute approximate surface area is 197 Å². The lowest BCUT2D eigenvalue weighted by atomic mass is 10.0. The van der Waals surface area contributed by atoms with Crippen LogP contribution in [0.4, 0.5) is 10.8 Å². The molecular formula is C24H18BrN3O3S. The second kappa shape index (κ2) is 9.02. The quantitative estimate of drug-likeness (QED) is 0.232. The SMILES string of the molecule is Cc1ccc(-c2nc(NC(=O)c3ccccc3Br)sc2-c2ccc([N+](=O)[O-])cc2)c(C)c1. The maximum Gasteiger partial charge on any atom is 0.269 e. The minimum Gasteiger partial charge on any atom is -0.298 e. The molecule has 0 saturated heterocycles. The van der Waals surface area contributed by atoms with Crippen molar-refractivity contribution < 1.29 is 9.72 Å². The molecule has 0 fully saturated rings. The van der Waals surface area contributed by atoms with Crippen LogP contribution < -0.4 is 5.32 Å². The van der Waals surface area contributed by atoms with E-state index in [4.69, 9.17) is 4.98 Å². The number of anilines is 1. The van der Waals surface area contributed by atoms with Crippen LogP contribution in [-0.4, -0.2) is 15.8 Å². The van der Waals surface area contributed by atoms with Gasteiger partial charge in [0.15, 0.2) is 5.13 Å². The van der Waals surface area contributed by atoms with E-state index in [0.29, 0.717) is 15.2 Å². The van der Waals surface area contributed by atoms with E-state index in [9.17, 15) is 14.9 Å². The molecule has 160 valence electrons. The number of non-ortho nitro benzene ring substituents is 1. The molecule has 3 aromatic carbocycles. The van der Waals surface area contributed by atoms with Crippen molar-refractivity contribution in [3.63, 3.8) is 0 Å². The van der Waals surface area contributed by atoms with Crippen LogP contribution in [0.25, 0.3) is 21.7 Å². The zero-order valence-corrected chi connectivity index (χ0v) is 19.7. The molecule has 0 spiro atoms. The number of amides is 1. The number of halogens is 1. The van der Waals surface area contributed by atoms with Crippen LogP contribution >= 0.6 is 27.3 Å². The van der Waals surface area contributed by atoms with Gasteiger partial charge in [-0.1, -0.05) is 47.2 Å². The molecule has 6 nitrogen and oxygen atoms in total. The summed E-state index contributed by atoms with van der Waals surface area (Å²) in [5.41, 5.74) is 5.19. The summed E-state index contributed by atoms with van der Waals surface area (Å²) in [6, 6.07) is 19.6. The van der Waals surface area contributed by atoms with E-state index in [2.05, 4.69) is 27.3 Å². The van der Waals surface area contributed by atoms with E-state index in [1.54, 1.807) is 30.3 Å². The lowest BCUT2D eigenvalue weighted by molar-refractivity contribution is -0.384. The molecular weight excluding hydrogens is 490 g/mol. The summed E-state index contributed by atoms with van der Waals surface area (Å²) < 4.78 is 0.694. The fraction of sp³-hybridized carbons (Fsp3) is 0.0833. The summed E-state index contributed by atoms with van der Waals surface area (Å²) in [6.07, 6.45) is 0. The molecule has 0 aliphatic carbocycles. The van der Waals surface area contributed by atoms with E-state index in [1.165, 1.54) is 23.5 Å². The maximum atomic E-state index is 12.8. The van der Waals surface area contributed by atoms with Gasteiger partial charge in [-0.15, -0.1) is 0 Å². The van der Waals surface area contributed by atoms with E-state index in [-0.39, 0.29) is 11.6 Å². The molecule has 32 heavy (non-hydrogen) atoms. The summed E-state index contributed by atoms with van der Waals surface area (Å²) in [5, 5.41) is 14.4. The van der Waals surface area contributed by atoms with Crippen molar-refractivity contribution in [1.29, 1.82) is 0 Å².